The average molecular weight is 233 g/mol. The fourth-order valence-electron chi connectivity index (χ4n) is 1.49. The van der Waals surface area contributed by atoms with Gasteiger partial charge in [-0.25, -0.2) is 0 Å². The Morgan fingerprint density at radius 3 is 2.65 bits per heavy atom. The number of carboxylic acids is 1. The number of hydrogen-bond donors (Lipinski definition) is 2. The zero-order valence-corrected chi connectivity index (χ0v) is 10.1. The molecule has 0 aliphatic rings. The SMILES string of the molecule is CNCCC=Cc1ccc(CCC(=O)O)cc1. The molecule has 0 aliphatic heterocycles. The van der Waals surface area contributed by atoms with Gasteiger partial charge in [-0.3, -0.25) is 4.79 Å². The van der Waals surface area contributed by atoms with Gasteiger partial charge in [0, 0.05) is 6.42 Å². The molecule has 0 aromatic heterocycles. The molecule has 1 aromatic rings. The Labute approximate surface area is 102 Å². The lowest BCUT2D eigenvalue weighted by molar-refractivity contribution is -0.136. The van der Waals surface area contributed by atoms with Crippen LogP contribution in [0.1, 0.15) is 24.0 Å². The van der Waals surface area contributed by atoms with Gasteiger partial charge >= 0.3 is 5.97 Å². The molecule has 0 fully saturated rings. The second-order valence-corrected chi connectivity index (χ2v) is 3.93. The van der Waals surface area contributed by atoms with Crippen LogP contribution in [0.2, 0.25) is 0 Å². The molecule has 3 nitrogen and oxygen atoms in total. The van der Waals surface area contributed by atoms with Gasteiger partial charge in [-0.2, -0.15) is 0 Å². The number of nitrogens with one attached hydrogen (secondary N) is 1. The minimum absolute atomic E-state index is 0.192. The number of rotatable bonds is 7. The minimum Gasteiger partial charge on any atom is -0.481 e. The van der Waals surface area contributed by atoms with E-state index >= 15 is 0 Å². The van der Waals surface area contributed by atoms with Gasteiger partial charge in [-0.1, -0.05) is 36.4 Å². The third kappa shape index (κ3) is 5.88. The first kappa shape index (κ1) is 13.5. The molecule has 0 atom stereocenters. The normalized spacial score (nSPS) is 10.9. The number of hydrogen-bond acceptors (Lipinski definition) is 2. The van der Waals surface area contributed by atoms with Crippen LogP contribution in [-0.4, -0.2) is 24.7 Å². The van der Waals surface area contributed by atoms with Gasteiger partial charge in [0.25, 0.3) is 0 Å². The highest BCUT2D eigenvalue weighted by atomic mass is 16.4. The van der Waals surface area contributed by atoms with Crippen molar-refractivity contribution in [2.75, 3.05) is 13.6 Å². The molecule has 0 heterocycles. The Hall–Kier alpha value is -1.61. The van der Waals surface area contributed by atoms with Gasteiger partial charge < -0.3 is 10.4 Å². The second-order valence-electron chi connectivity index (χ2n) is 3.93. The minimum atomic E-state index is -0.749. The first-order valence-corrected chi connectivity index (χ1v) is 5.84. The van der Waals surface area contributed by atoms with Gasteiger partial charge in [0.15, 0.2) is 0 Å². The molecule has 0 saturated carbocycles. The molecule has 2 N–H and O–H groups in total. The van der Waals surface area contributed by atoms with E-state index in [0.717, 1.165) is 24.1 Å². The summed E-state index contributed by atoms with van der Waals surface area (Å²) in [5, 5.41) is 11.7. The molecule has 0 bridgehead atoms. The van der Waals surface area contributed by atoms with Crippen molar-refractivity contribution in [3.63, 3.8) is 0 Å². The fourth-order valence-corrected chi connectivity index (χ4v) is 1.49. The van der Waals surface area contributed by atoms with Crippen molar-refractivity contribution in [2.45, 2.75) is 19.3 Å². The van der Waals surface area contributed by atoms with Gasteiger partial charge in [-0.05, 0) is 37.6 Å². The zero-order chi connectivity index (χ0) is 12.5. The predicted octanol–water partition coefficient (Wildman–Crippen LogP) is 2.33. The number of carbonyl (C=O) groups is 1. The average Bonchev–Trinajstić information content (AvgIpc) is 2.33. The lowest BCUT2D eigenvalue weighted by atomic mass is 10.1. The Kier molecular flexibility index (Phi) is 6.04. The summed E-state index contributed by atoms with van der Waals surface area (Å²) in [6.45, 7) is 0.979. The molecule has 1 aromatic carbocycles. The van der Waals surface area contributed by atoms with Crippen molar-refractivity contribution in [1.82, 2.24) is 5.32 Å². The smallest absolute Gasteiger partial charge is 0.303 e. The standard InChI is InChI=1S/C14H19NO2/c1-15-11-3-2-4-12-5-7-13(8-6-12)9-10-14(16)17/h2,4-8,15H,3,9-11H2,1H3,(H,16,17). The van der Waals surface area contributed by atoms with Crippen LogP contribution >= 0.6 is 0 Å². The van der Waals surface area contributed by atoms with Gasteiger partial charge in [0.05, 0.1) is 0 Å². The lowest BCUT2D eigenvalue weighted by Crippen LogP contribution is -2.05. The van der Waals surface area contributed by atoms with E-state index < -0.39 is 5.97 Å². The summed E-state index contributed by atoms with van der Waals surface area (Å²) in [7, 11) is 1.94. The van der Waals surface area contributed by atoms with Crippen molar-refractivity contribution in [1.29, 1.82) is 0 Å². The van der Waals surface area contributed by atoms with Gasteiger partial charge in [0.1, 0.15) is 0 Å². The van der Waals surface area contributed by atoms with Crippen LogP contribution in [0, 0.1) is 0 Å². The third-order valence-corrected chi connectivity index (χ3v) is 2.48. The van der Waals surface area contributed by atoms with Crippen LogP contribution in [0.25, 0.3) is 6.08 Å². The summed E-state index contributed by atoms with van der Waals surface area (Å²) in [5.41, 5.74) is 2.22. The van der Waals surface area contributed by atoms with Gasteiger partial charge in [0.2, 0.25) is 0 Å². The van der Waals surface area contributed by atoms with Crippen LogP contribution in [0.3, 0.4) is 0 Å². The van der Waals surface area contributed by atoms with E-state index in [4.69, 9.17) is 5.11 Å². The Balaban J connectivity index is 2.44. The molecule has 92 valence electrons. The van der Waals surface area contributed by atoms with Crippen LogP contribution in [0.5, 0.6) is 0 Å². The molecule has 0 saturated heterocycles. The number of benzene rings is 1. The number of carboxylic acid groups (broad SMARTS) is 1. The van der Waals surface area contributed by atoms with E-state index in [1.54, 1.807) is 0 Å². The van der Waals surface area contributed by atoms with Crippen LogP contribution in [0.15, 0.2) is 30.3 Å². The van der Waals surface area contributed by atoms with E-state index in [1.807, 2.05) is 31.3 Å². The van der Waals surface area contributed by atoms with Crippen molar-refractivity contribution >= 4 is 12.0 Å². The second kappa shape index (κ2) is 7.63. The van der Waals surface area contributed by atoms with E-state index in [9.17, 15) is 4.79 Å². The molecule has 0 spiro atoms. The first-order chi connectivity index (χ1) is 8.22. The maximum Gasteiger partial charge on any atom is 0.303 e. The molecular weight excluding hydrogens is 214 g/mol. The first-order valence-electron chi connectivity index (χ1n) is 5.84. The fraction of sp³-hybridized carbons (Fsp3) is 0.357. The van der Waals surface area contributed by atoms with E-state index in [1.165, 1.54) is 0 Å². The van der Waals surface area contributed by atoms with Crippen molar-refractivity contribution in [2.24, 2.45) is 0 Å². The molecular formula is C14H19NO2. The largest absolute Gasteiger partial charge is 0.481 e. The highest BCUT2D eigenvalue weighted by molar-refractivity contribution is 5.67. The van der Waals surface area contributed by atoms with E-state index in [0.29, 0.717) is 6.42 Å². The Morgan fingerprint density at radius 1 is 1.35 bits per heavy atom. The van der Waals surface area contributed by atoms with Crippen molar-refractivity contribution < 1.29 is 9.90 Å². The van der Waals surface area contributed by atoms with Crippen molar-refractivity contribution in [3.8, 4) is 0 Å². The molecule has 0 unspecified atom stereocenters. The third-order valence-electron chi connectivity index (χ3n) is 2.48. The van der Waals surface area contributed by atoms with E-state index in [2.05, 4.69) is 17.5 Å². The zero-order valence-electron chi connectivity index (χ0n) is 10.1. The monoisotopic (exact) mass is 233 g/mol. The van der Waals surface area contributed by atoms with E-state index in [-0.39, 0.29) is 6.42 Å². The number of aliphatic carboxylic acids is 1. The maximum atomic E-state index is 10.4. The molecule has 1 rings (SSSR count). The molecule has 3 heteroatoms. The van der Waals surface area contributed by atoms with Crippen LogP contribution < -0.4 is 5.32 Å². The van der Waals surface area contributed by atoms with Crippen LogP contribution in [0.4, 0.5) is 0 Å². The molecule has 0 aliphatic carbocycles. The topological polar surface area (TPSA) is 49.3 Å². The summed E-state index contributed by atoms with van der Waals surface area (Å²) in [4.78, 5) is 10.4. The Morgan fingerprint density at radius 2 is 2.06 bits per heavy atom. The summed E-state index contributed by atoms with van der Waals surface area (Å²) in [6.07, 6.45) is 6.01. The predicted molar refractivity (Wildman–Crippen MR) is 70.0 cm³/mol. The quantitative estimate of drug-likeness (QED) is 0.711. The summed E-state index contributed by atoms with van der Waals surface area (Å²) in [6, 6.07) is 8.02. The summed E-state index contributed by atoms with van der Waals surface area (Å²) in [5.74, 6) is -0.749. The molecule has 17 heavy (non-hydrogen) atoms. The lowest BCUT2D eigenvalue weighted by Gasteiger charge is -1.99. The van der Waals surface area contributed by atoms with Crippen molar-refractivity contribution in [3.05, 3.63) is 41.5 Å². The van der Waals surface area contributed by atoms with Gasteiger partial charge in [-0.15, -0.1) is 0 Å². The highest BCUT2D eigenvalue weighted by Crippen LogP contribution is 2.08. The van der Waals surface area contributed by atoms with Crippen LogP contribution in [-0.2, 0) is 11.2 Å². The molecule has 0 radical (unpaired) electrons. The molecule has 0 amide bonds. The maximum absolute atomic E-state index is 10.4. The Bertz CT molecular complexity index is 368. The summed E-state index contributed by atoms with van der Waals surface area (Å²) >= 11 is 0. The highest BCUT2D eigenvalue weighted by Gasteiger charge is 1.98. The number of aryl methyl sites for hydroxylation is 1. The summed E-state index contributed by atoms with van der Waals surface area (Å²) < 4.78 is 0.